The average Bonchev–Trinajstić information content (AvgIpc) is 2.67. The molecule has 0 aliphatic heterocycles. The lowest BCUT2D eigenvalue weighted by molar-refractivity contribution is -0.137. The molecule has 0 amide bonds. The molecular weight excluding hydrogens is 381 g/mol. The number of nitrogens with one attached hydrogen (secondary N) is 1. The summed E-state index contributed by atoms with van der Waals surface area (Å²) in [5, 5.41) is 2.74. The molecule has 3 aromatic rings. The van der Waals surface area contributed by atoms with Gasteiger partial charge < -0.3 is 15.0 Å². The molecule has 3 rings (SSSR count). The maximum atomic E-state index is 13.4. The second-order valence-corrected chi connectivity index (χ2v) is 6.64. The van der Waals surface area contributed by atoms with Gasteiger partial charge in [-0.15, -0.1) is 0 Å². The number of anilines is 4. The maximum absolute atomic E-state index is 13.4. The van der Waals surface area contributed by atoms with Gasteiger partial charge in [-0.1, -0.05) is 18.2 Å². The van der Waals surface area contributed by atoms with E-state index in [-0.39, 0.29) is 17.9 Å². The van der Waals surface area contributed by atoms with Gasteiger partial charge in [-0.25, -0.2) is 4.98 Å². The van der Waals surface area contributed by atoms with Gasteiger partial charge in [0, 0.05) is 24.6 Å². The van der Waals surface area contributed by atoms with Crippen molar-refractivity contribution in [1.29, 1.82) is 0 Å². The third-order valence-corrected chi connectivity index (χ3v) is 4.01. The molecule has 8 heteroatoms. The highest BCUT2D eigenvalue weighted by molar-refractivity contribution is 5.64. The molecule has 2 aromatic carbocycles. The molecule has 1 heterocycles. The average molecular weight is 402 g/mol. The number of alkyl halides is 3. The first kappa shape index (κ1) is 20.4. The van der Waals surface area contributed by atoms with E-state index in [1.165, 1.54) is 0 Å². The van der Waals surface area contributed by atoms with Crippen molar-refractivity contribution in [3.8, 4) is 5.75 Å². The van der Waals surface area contributed by atoms with E-state index in [2.05, 4.69) is 15.3 Å². The SMILES string of the molecule is CC(C)Oc1ccc(N(C)c2ncc(C(F)(F)F)c(Nc3ccccc3)n2)cc1. The molecule has 152 valence electrons. The highest BCUT2D eigenvalue weighted by atomic mass is 19.4. The summed E-state index contributed by atoms with van der Waals surface area (Å²) in [5.74, 6) is 0.534. The van der Waals surface area contributed by atoms with Gasteiger partial charge in [-0.3, -0.25) is 0 Å². The molecule has 0 saturated heterocycles. The van der Waals surface area contributed by atoms with Crippen LogP contribution in [0.5, 0.6) is 5.75 Å². The molecule has 0 saturated carbocycles. The molecule has 0 aliphatic rings. The van der Waals surface area contributed by atoms with E-state index in [0.29, 0.717) is 17.1 Å². The van der Waals surface area contributed by atoms with Crippen molar-refractivity contribution in [2.24, 2.45) is 0 Å². The van der Waals surface area contributed by atoms with Gasteiger partial charge in [-0.05, 0) is 50.2 Å². The lowest BCUT2D eigenvalue weighted by Crippen LogP contribution is -2.17. The fourth-order valence-electron chi connectivity index (χ4n) is 2.63. The van der Waals surface area contributed by atoms with Gasteiger partial charge in [-0.2, -0.15) is 18.2 Å². The van der Waals surface area contributed by atoms with Crippen molar-refractivity contribution in [1.82, 2.24) is 9.97 Å². The zero-order valence-corrected chi connectivity index (χ0v) is 16.2. The molecular formula is C21H21F3N4O. The fraction of sp³-hybridized carbons (Fsp3) is 0.238. The first-order valence-corrected chi connectivity index (χ1v) is 9.01. The van der Waals surface area contributed by atoms with Crippen LogP contribution in [-0.4, -0.2) is 23.1 Å². The van der Waals surface area contributed by atoms with E-state index in [1.807, 2.05) is 13.8 Å². The summed E-state index contributed by atoms with van der Waals surface area (Å²) in [6, 6.07) is 15.7. The van der Waals surface area contributed by atoms with Crippen LogP contribution < -0.4 is 15.0 Å². The minimum atomic E-state index is -4.58. The van der Waals surface area contributed by atoms with Gasteiger partial charge in [0.25, 0.3) is 0 Å². The van der Waals surface area contributed by atoms with Crippen LogP contribution in [0.3, 0.4) is 0 Å². The van der Waals surface area contributed by atoms with E-state index in [9.17, 15) is 13.2 Å². The molecule has 1 N–H and O–H groups in total. The van der Waals surface area contributed by atoms with Crippen LogP contribution in [-0.2, 0) is 6.18 Å². The highest BCUT2D eigenvalue weighted by Gasteiger charge is 2.35. The molecule has 0 fully saturated rings. The van der Waals surface area contributed by atoms with Crippen LogP contribution in [0.25, 0.3) is 0 Å². The van der Waals surface area contributed by atoms with Crippen LogP contribution in [0, 0.1) is 0 Å². The van der Waals surface area contributed by atoms with Crippen LogP contribution in [0.1, 0.15) is 19.4 Å². The summed E-state index contributed by atoms with van der Waals surface area (Å²) in [5.41, 5.74) is 0.284. The summed E-state index contributed by atoms with van der Waals surface area (Å²) >= 11 is 0. The van der Waals surface area contributed by atoms with Crippen LogP contribution >= 0.6 is 0 Å². The Hall–Kier alpha value is -3.29. The predicted molar refractivity (Wildman–Crippen MR) is 107 cm³/mol. The Morgan fingerprint density at radius 2 is 1.66 bits per heavy atom. The number of hydrogen-bond acceptors (Lipinski definition) is 5. The van der Waals surface area contributed by atoms with E-state index in [1.54, 1.807) is 66.5 Å². The number of para-hydroxylation sites is 1. The normalized spacial score (nSPS) is 11.4. The summed E-state index contributed by atoms with van der Waals surface area (Å²) in [6.45, 7) is 3.86. The number of nitrogens with zero attached hydrogens (tertiary/aromatic N) is 3. The first-order valence-electron chi connectivity index (χ1n) is 9.01. The Morgan fingerprint density at radius 3 is 2.24 bits per heavy atom. The molecule has 5 nitrogen and oxygen atoms in total. The molecule has 0 radical (unpaired) electrons. The monoisotopic (exact) mass is 402 g/mol. The zero-order chi connectivity index (χ0) is 21.0. The second-order valence-electron chi connectivity index (χ2n) is 6.64. The summed E-state index contributed by atoms with van der Waals surface area (Å²) in [7, 11) is 1.69. The van der Waals surface area contributed by atoms with Crippen LogP contribution in [0.2, 0.25) is 0 Å². The Bertz CT molecular complexity index is 944. The quantitative estimate of drug-likeness (QED) is 0.565. The van der Waals surface area contributed by atoms with Crippen molar-refractivity contribution >= 4 is 23.1 Å². The number of benzene rings is 2. The number of halogens is 3. The van der Waals surface area contributed by atoms with Crippen molar-refractivity contribution in [2.75, 3.05) is 17.3 Å². The Balaban J connectivity index is 1.92. The predicted octanol–water partition coefficient (Wildman–Crippen LogP) is 5.79. The molecule has 0 bridgehead atoms. The van der Waals surface area contributed by atoms with Gasteiger partial charge in [0.1, 0.15) is 17.1 Å². The minimum absolute atomic E-state index is 0.0449. The third kappa shape index (κ3) is 5.16. The van der Waals surface area contributed by atoms with Crippen LogP contribution in [0.4, 0.5) is 36.3 Å². The van der Waals surface area contributed by atoms with E-state index < -0.39 is 11.7 Å². The zero-order valence-electron chi connectivity index (χ0n) is 16.2. The summed E-state index contributed by atoms with van der Waals surface area (Å²) in [4.78, 5) is 9.66. The highest BCUT2D eigenvalue weighted by Crippen LogP contribution is 2.36. The van der Waals surface area contributed by atoms with Gasteiger partial charge in [0.2, 0.25) is 5.95 Å². The van der Waals surface area contributed by atoms with Crippen molar-refractivity contribution in [3.63, 3.8) is 0 Å². The van der Waals surface area contributed by atoms with Gasteiger partial charge in [0.15, 0.2) is 0 Å². The summed E-state index contributed by atoms with van der Waals surface area (Å²) < 4.78 is 45.8. The summed E-state index contributed by atoms with van der Waals surface area (Å²) in [6.07, 6.45) is -3.74. The molecule has 0 unspecified atom stereocenters. The number of aromatic nitrogens is 2. The van der Waals surface area contributed by atoms with E-state index in [4.69, 9.17) is 4.74 Å². The standard InChI is InChI=1S/C21H21F3N4O/c1-14(2)29-17-11-9-16(10-12-17)28(3)20-25-13-18(21(22,23)24)19(27-20)26-15-7-5-4-6-8-15/h4-14H,1-3H3,(H,25,26,27). The van der Waals surface area contributed by atoms with Crippen LogP contribution in [0.15, 0.2) is 60.8 Å². The molecule has 1 aromatic heterocycles. The molecule has 0 aliphatic carbocycles. The first-order chi connectivity index (χ1) is 13.7. The van der Waals surface area contributed by atoms with Gasteiger partial charge in [0.05, 0.1) is 6.10 Å². The van der Waals surface area contributed by atoms with E-state index >= 15 is 0 Å². The number of hydrogen-bond donors (Lipinski definition) is 1. The van der Waals surface area contributed by atoms with Gasteiger partial charge >= 0.3 is 6.18 Å². The number of rotatable bonds is 6. The molecule has 0 spiro atoms. The third-order valence-electron chi connectivity index (χ3n) is 4.01. The number of ether oxygens (including phenoxy) is 1. The minimum Gasteiger partial charge on any atom is -0.491 e. The maximum Gasteiger partial charge on any atom is 0.421 e. The second kappa shape index (κ2) is 8.38. The smallest absolute Gasteiger partial charge is 0.421 e. The Kier molecular flexibility index (Phi) is 5.91. The van der Waals surface area contributed by atoms with Crippen molar-refractivity contribution in [2.45, 2.75) is 26.1 Å². The van der Waals surface area contributed by atoms with E-state index in [0.717, 1.165) is 6.20 Å². The van der Waals surface area contributed by atoms with Crippen molar-refractivity contribution < 1.29 is 17.9 Å². The molecule has 29 heavy (non-hydrogen) atoms. The van der Waals surface area contributed by atoms with Crippen molar-refractivity contribution in [3.05, 3.63) is 66.4 Å². The Morgan fingerprint density at radius 1 is 1.00 bits per heavy atom. The fourth-order valence-corrected chi connectivity index (χ4v) is 2.63. The largest absolute Gasteiger partial charge is 0.491 e. The lowest BCUT2D eigenvalue weighted by atomic mass is 10.2. The topological polar surface area (TPSA) is 50.3 Å². The Labute approximate surface area is 167 Å². The lowest BCUT2D eigenvalue weighted by Gasteiger charge is -2.20. The molecule has 0 atom stereocenters.